The number of benzene rings is 1. The Morgan fingerprint density at radius 3 is 2.85 bits per heavy atom. The Balaban J connectivity index is 2.02. The molecule has 1 heterocycles. The lowest BCUT2D eigenvalue weighted by molar-refractivity contribution is -0.123. The molecule has 0 saturated carbocycles. The van der Waals surface area contributed by atoms with Gasteiger partial charge in [-0.3, -0.25) is 14.5 Å². The number of ether oxygens (including phenoxy) is 1. The molecule has 1 saturated heterocycles. The molecule has 1 aliphatic rings. The molecule has 0 unspecified atom stereocenters. The van der Waals surface area contributed by atoms with E-state index in [1.807, 2.05) is 0 Å². The molecule has 27 heavy (non-hydrogen) atoms. The van der Waals surface area contributed by atoms with E-state index in [0.717, 1.165) is 11.8 Å². The number of rotatable bonds is 9. The summed E-state index contributed by atoms with van der Waals surface area (Å²) < 4.78 is 29.9. The number of hydrogen-bond acceptors (Lipinski definition) is 5. The Morgan fingerprint density at radius 1 is 1.41 bits per heavy atom. The maximum Gasteiger partial charge on any atom is 0.387 e. The van der Waals surface area contributed by atoms with Gasteiger partial charge in [0.25, 0.3) is 5.91 Å². The zero-order valence-electron chi connectivity index (χ0n) is 14.3. The van der Waals surface area contributed by atoms with Crippen LogP contribution in [0.2, 0.25) is 0 Å². The topological polar surface area (TPSA) is 58.6 Å². The van der Waals surface area contributed by atoms with Gasteiger partial charge in [-0.15, -0.1) is 6.58 Å². The molecule has 1 aliphatic heterocycles. The first-order valence-electron chi connectivity index (χ1n) is 8.09. The fourth-order valence-electron chi connectivity index (χ4n) is 2.31. The van der Waals surface area contributed by atoms with Gasteiger partial charge in [0.1, 0.15) is 10.1 Å². The van der Waals surface area contributed by atoms with Crippen molar-refractivity contribution in [2.75, 3.05) is 13.1 Å². The maximum absolute atomic E-state index is 12.5. The Bertz CT molecular complexity index is 769. The van der Waals surface area contributed by atoms with Crippen molar-refractivity contribution in [2.45, 2.75) is 19.5 Å². The fourth-order valence-corrected chi connectivity index (χ4v) is 3.61. The minimum absolute atomic E-state index is 0.0170. The first-order chi connectivity index (χ1) is 12.9. The average Bonchev–Trinajstić information content (AvgIpc) is 2.88. The van der Waals surface area contributed by atoms with Crippen molar-refractivity contribution >= 4 is 46.2 Å². The van der Waals surface area contributed by atoms with Gasteiger partial charge >= 0.3 is 6.61 Å². The molecule has 0 aromatic heterocycles. The molecule has 1 N–H and O–H groups in total. The lowest BCUT2D eigenvalue weighted by atomic mass is 10.2. The van der Waals surface area contributed by atoms with Crippen LogP contribution in [0.3, 0.4) is 0 Å². The Hall–Kier alpha value is -2.26. The molecule has 144 valence electrons. The van der Waals surface area contributed by atoms with E-state index in [0.29, 0.717) is 34.3 Å². The summed E-state index contributed by atoms with van der Waals surface area (Å²) in [7, 11) is 0. The fraction of sp³-hybridized carbons (Fsp3) is 0.278. The lowest BCUT2D eigenvalue weighted by Crippen LogP contribution is -2.30. The summed E-state index contributed by atoms with van der Waals surface area (Å²) in [6, 6.07) is 6.21. The van der Waals surface area contributed by atoms with Gasteiger partial charge < -0.3 is 10.1 Å². The molecule has 1 fully saturated rings. The van der Waals surface area contributed by atoms with Crippen molar-refractivity contribution in [3.8, 4) is 5.75 Å². The minimum atomic E-state index is -2.96. The molecule has 0 radical (unpaired) electrons. The highest BCUT2D eigenvalue weighted by Crippen LogP contribution is 2.34. The van der Waals surface area contributed by atoms with Crippen molar-refractivity contribution in [1.29, 1.82) is 0 Å². The molecule has 2 rings (SSSR count). The number of halogens is 2. The standard InChI is InChI=1S/C18H18F2N2O3S2/c1-2-9-21-15(23)8-5-10-22-16(24)14(27-18(22)26)11-12-6-3-4-7-13(12)25-17(19)20/h2-4,6-7,11,17H,1,5,8-10H2,(H,21,23)/b14-11-. The highest BCUT2D eigenvalue weighted by Gasteiger charge is 2.31. The van der Waals surface area contributed by atoms with Crippen LogP contribution < -0.4 is 10.1 Å². The van der Waals surface area contributed by atoms with Crippen LogP contribution >= 0.6 is 24.0 Å². The van der Waals surface area contributed by atoms with E-state index in [-0.39, 0.29) is 24.0 Å². The molecule has 0 atom stereocenters. The number of carbonyl (C=O) groups excluding carboxylic acids is 2. The number of amides is 2. The smallest absolute Gasteiger partial charge is 0.387 e. The number of para-hydroxylation sites is 1. The number of thioether (sulfide) groups is 1. The summed E-state index contributed by atoms with van der Waals surface area (Å²) in [4.78, 5) is 25.9. The zero-order valence-corrected chi connectivity index (χ0v) is 16.0. The SMILES string of the molecule is C=CCNC(=O)CCCN1C(=O)/C(=C/c2ccccc2OC(F)F)SC1=S. The molecule has 1 aromatic carbocycles. The normalized spacial score (nSPS) is 15.5. The highest BCUT2D eigenvalue weighted by molar-refractivity contribution is 8.26. The first kappa shape index (κ1) is 21.0. The Kier molecular flexibility index (Phi) is 7.93. The predicted octanol–water partition coefficient (Wildman–Crippen LogP) is 3.57. The van der Waals surface area contributed by atoms with Gasteiger partial charge in [-0.05, 0) is 18.6 Å². The van der Waals surface area contributed by atoms with Crippen molar-refractivity contribution in [3.63, 3.8) is 0 Å². The molecule has 0 aliphatic carbocycles. The minimum Gasteiger partial charge on any atom is -0.434 e. The van der Waals surface area contributed by atoms with Gasteiger partial charge in [-0.1, -0.05) is 48.3 Å². The molecular weight excluding hydrogens is 394 g/mol. The second-order valence-corrected chi connectivity index (χ2v) is 7.12. The van der Waals surface area contributed by atoms with E-state index >= 15 is 0 Å². The van der Waals surface area contributed by atoms with Crippen LogP contribution in [0.25, 0.3) is 6.08 Å². The van der Waals surface area contributed by atoms with Crippen molar-refractivity contribution in [3.05, 3.63) is 47.4 Å². The zero-order chi connectivity index (χ0) is 19.8. The lowest BCUT2D eigenvalue weighted by Gasteiger charge is -2.14. The summed E-state index contributed by atoms with van der Waals surface area (Å²) in [5.41, 5.74) is 0.363. The number of carbonyl (C=O) groups is 2. The third-order valence-electron chi connectivity index (χ3n) is 3.52. The quantitative estimate of drug-likeness (QED) is 0.382. The number of nitrogens with zero attached hydrogens (tertiary/aromatic N) is 1. The van der Waals surface area contributed by atoms with Crippen molar-refractivity contribution in [2.24, 2.45) is 0 Å². The van der Waals surface area contributed by atoms with Gasteiger partial charge in [0.2, 0.25) is 5.91 Å². The summed E-state index contributed by atoms with van der Waals surface area (Å²) in [5.74, 6) is -0.464. The Labute approximate surface area is 165 Å². The van der Waals surface area contributed by atoms with Crippen molar-refractivity contribution in [1.82, 2.24) is 10.2 Å². The number of alkyl halides is 2. The van der Waals surface area contributed by atoms with Gasteiger partial charge in [-0.2, -0.15) is 8.78 Å². The molecule has 5 nitrogen and oxygen atoms in total. The predicted molar refractivity (Wildman–Crippen MR) is 105 cm³/mol. The second kappa shape index (κ2) is 10.2. The van der Waals surface area contributed by atoms with E-state index in [9.17, 15) is 18.4 Å². The largest absolute Gasteiger partial charge is 0.434 e. The Morgan fingerprint density at radius 2 is 2.15 bits per heavy atom. The molecule has 1 aromatic rings. The van der Waals surface area contributed by atoms with E-state index < -0.39 is 6.61 Å². The van der Waals surface area contributed by atoms with Crippen LogP contribution in [0.5, 0.6) is 5.75 Å². The van der Waals surface area contributed by atoms with Gasteiger partial charge in [0, 0.05) is 25.1 Å². The van der Waals surface area contributed by atoms with Gasteiger partial charge in [0.15, 0.2) is 0 Å². The molecule has 0 bridgehead atoms. The summed E-state index contributed by atoms with van der Waals surface area (Å²) in [6.07, 6.45) is 3.77. The monoisotopic (exact) mass is 412 g/mol. The summed E-state index contributed by atoms with van der Waals surface area (Å²) >= 11 is 6.31. The van der Waals surface area contributed by atoms with E-state index in [2.05, 4.69) is 16.6 Å². The van der Waals surface area contributed by atoms with Gasteiger partial charge in [0.05, 0.1) is 4.91 Å². The van der Waals surface area contributed by atoms with Crippen LogP contribution in [0, 0.1) is 0 Å². The van der Waals surface area contributed by atoms with Crippen LogP contribution in [0.1, 0.15) is 18.4 Å². The van der Waals surface area contributed by atoms with Gasteiger partial charge in [-0.25, -0.2) is 0 Å². The third kappa shape index (κ3) is 6.14. The maximum atomic E-state index is 12.5. The number of thiocarbonyl (C=S) groups is 1. The third-order valence-corrected chi connectivity index (χ3v) is 4.90. The highest BCUT2D eigenvalue weighted by atomic mass is 32.2. The molecule has 0 spiro atoms. The summed E-state index contributed by atoms with van der Waals surface area (Å²) in [6.45, 7) is 1.25. The number of nitrogens with one attached hydrogen (secondary N) is 1. The first-order valence-corrected chi connectivity index (χ1v) is 9.31. The summed E-state index contributed by atoms with van der Waals surface area (Å²) in [5, 5.41) is 2.66. The molecular formula is C18H18F2N2O3S2. The van der Waals surface area contributed by atoms with Crippen LogP contribution in [0.4, 0.5) is 8.78 Å². The van der Waals surface area contributed by atoms with Crippen LogP contribution in [-0.2, 0) is 9.59 Å². The van der Waals surface area contributed by atoms with Crippen LogP contribution in [-0.4, -0.2) is 40.7 Å². The molecule has 2 amide bonds. The van der Waals surface area contributed by atoms with E-state index in [4.69, 9.17) is 12.2 Å². The second-order valence-electron chi connectivity index (χ2n) is 5.45. The van der Waals surface area contributed by atoms with E-state index in [1.54, 1.807) is 24.3 Å². The van der Waals surface area contributed by atoms with Crippen LogP contribution in [0.15, 0.2) is 41.8 Å². The van der Waals surface area contributed by atoms with Crippen molar-refractivity contribution < 1.29 is 23.1 Å². The van der Waals surface area contributed by atoms with E-state index in [1.165, 1.54) is 17.0 Å². The number of hydrogen-bond donors (Lipinski definition) is 1. The average molecular weight is 412 g/mol. The molecule has 9 heteroatoms.